The standard InChI is InChI=1S/C19H24FN5O2/c1-23(2)19(27)24-9-6-10-25-16(13-24)11-15(22-25)12-21-18(26)17(20)14-7-4-3-5-8-14/h3-5,7-8,11,17H,6,9-10,12-13H2,1-2H3,(H,21,26)/t17-/m1/s1. The van der Waals surface area contributed by atoms with Gasteiger partial charge in [0.05, 0.1) is 24.5 Å². The molecular formula is C19H24FN5O2. The first kappa shape index (κ1) is 18.9. The normalized spacial score (nSPS) is 14.9. The van der Waals surface area contributed by atoms with Gasteiger partial charge in [0, 0.05) is 27.2 Å². The van der Waals surface area contributed by atoms with Gasteiger partial charge in [-0.2, -0.15) is 5.10 Å². The third kappa shape index (κ3) is 4.45. The number of rotatable bonds is 4. The van der Waals surface area contributed by atoms with E-state index in [-0.39, 0.29) is 12.6 Å². The summed E-state index contributed by atoms with van der Waals surface area (Å²) in [4.78, 5) is 27.6. The highest BCUT2D eigenvalue weighted by atomic mass is 19.1. The highest BCUT2D eigenvalue weighted by molar-refractivity contribution is 5.81. The van der Waals surface area contributed by atoms with Gasteiger partial charge >= 0.3 is 6.03 Å². The summed E-state index contributed by atoms with van der Waals surface area (Å²) in [6.07, 6.45) is -0.902. The van der Waals surface area contributed by atoms with Gasteiger partial charge in [-0.05, 0) is 18.1 Å². The number of urea groups is 1. The molecule has 1 aliphatic heterocycles. The SMILES string of the molecule is CN(C)C(=O)N1CCCn2nc(CNC(=O)[C@H](F)c3ccccc3)cc2C1. The number of aryl methyl sites for hydroxylation is 1. The Balaban J connectivity index is 1.62. The van der Waals surface area contributed by atoms with E-state index in [0.717, 1.165) is 12.1 Å². The fourth-order valence-electron chi connectivity index (χ4n) is 3.09. The van der Waals surface area contributed by atoms with Crippen LogP contribution in [0, 0.1) is 0 Å². The lowest BCUT2D eigenvalue weighted by atomic mass is 10.1. The van der Waals surface area contributed by atoms with Crippen LogP contribution in [0.1, 0.15) is 29.5 Å². The number of hydrogen-bond donors (Lipinski definition) is 1. The zero-order valence-corrected chi connectivity index (χ0v) is 15.6. The van der Waals surface area contributed by atoms with Crippen LogP contribution in [0.4, 0.5) is 9.18 Å². The highest BCUT2D eigenvalue weighted by Gasteiger charge is 2.23. The molecule has 0 saturated carbocycles. The molecule has 1 aromatic carbocycles. The van der Waals surface area contributed by atoms with E-state index in [0.29, 0.717) is 30.9 Å². The fraction of sp³-hybridized carbons (Fsp3) is 0.421. The fourth-order valence-corrected chi connectivity index (χ4v) is 3.09. The van der Waals surface area contributed by atoms with Crippen LogP contribution in [0.5, 0.6) is 0 Å². The van der Waals surface area contributed by atoms with Crippen molar-refractivity contribution in [3.63, 3.8) is 0 Å². The maximum absolute atomic E-state index is 14.2. The molecule has 0 saturated heterocycles. The summed E-state index contributed by atoms with van der Waals surface area (Å²) in [5, 5.41) is 7.08. The van der Waals surface area contributed by atoms with Crippen molar-refractivity contribution >= 4 is 11.9 Å². The molecule has 0 unspecified atom stereocenters. The number of alkyl halides is 1. The molecule has 2 aromatic rings. The number of carbonyl (C=O) groups is 2. The average Bonchev–Trinajstić information content (AvgIpc) is 2.95. The smallest absolute Gasteiger partial charge is 0.319 e. The van der Waals surface area contributed by atoms with Gasteiger partial charge in [-0.25, -0.2) is 9.18 Å². The maximum atomic E-state index is 14.2. The number of nitrogens with zero attached hydrogens (tertiary/aromatic N) is 4. The van der Waals surface area contributed by atoms with Crippen LogP contribution in [0.2, 0.25) is 0 Å². The molecule has 3 amide bonds. The van der Waals surface area contributed by atoms with E-state index in [1.54, 1.807) is 54.2 Å². The Bertz CT molecular complexity index is 806. The van der Waals surface area contributed by atoms with Gasteiger partial charge in [-0.1, -0.05) is 30.3 Å². The molecule has 1 N–H and O–H groups in total. The van der Waals surface area contributed by atoms with Crippen molar-refractivity contribution in [1.82, 2.24) is 24.9 Å². The number of fused-ring (bicyclic) bond motifs is 1. The van der Waals surface area contributed by atoms with Crippen LogP contribution in [0.15, 0.2) is 36.4 Å². The number of amides is 3. The Morgan fingerprint density at radius 1 is 1.26 bits per heavy atom. The first-order valence-corrected chi connectivity index (χ1v) is 8.94. The van der Waals surface area contributed by atoms with Crippen molar-refractivity contribution in [3.05, 3.63) is 53.3 Å². The molecule has 27 heavy (non-hydrogen) atoms. The quantitative estimate of drug-likeness (QED) is 0.892. The minimum Gasteiger partial charge on any atom is -0.348 e. The summed E-state index contributed by atoms with van der Waals surface area (Å²) in [5.41, 5.74) is 1.89. The molecule has 1 atom stereocenters. The number of carbonyl (C=O) groups excluding carboxylic acids is 2. The lowest BCUT2D eigenvalue weighted by molar-refractivity contribution is -0.126. The second kappa shape index (κ2) is 8.20. The van der Waals surface area contributed by atoms with E-state index in [1.165, 1.54) is 0 Å². The Hall–Kier alpha value is -2.90. The second-order valence-electron chi connectivity index (χ2n) is 6.79. The van der Waals surface area contributed by atoms with Crippen molar-refractivity contribution in [1.29, 1.82) is 0 Å². The van der Waals surface area contributed by atoms with Gasteiger partial charge in [0.15, 0.2) is 0 Å². The molecule has 1 aliphatic rings. The molecular weight excluding hydrogens is 349 g/mol. The van der Waals surface area contributed by atoms with Crippen LogP contribution >= 0.6 is 0 Å². The van der Waals surface area contributed by atoms with Crippen molar-refractivity contribution in [2.24, 2.45) is 0 Å². The minimum absolute atomic E-state index is 0.0392. The molecule has 0 spiro atoms. The molecule has 0 bridgehead atoms. The van der Waals surface area contributed by atoms with Crippen LogP contribution in [0.3, 0.4) is 0 Å². The summed E-state index contributed by atoms with van der Waals surface area (Å²) < 4.78 is 16.1. The maximum Gasteiger partial charge on any atom is 0.319 e. The summed E-state index contributed by atoms with van der Waals surface area (Å²) in [5.74, 6) is -0.686. The van der Waals surface area contributed by atoms with Crippen molar-refractivity contribution in [2.45, 2.75) is 32.2 Å². The molecule has 144 valence electrons. The molecule has 0 radical (unpaired) electrons. The summed E-state index contributed by atoms with van der Waals surface area (Å²) in [6, 6.07) is 10.2. The highest BCUT2D eigenvalue weighted by Crippen LogP contribution is 2.18. The molecule has 7 nitrogen and oxygen atoms in total. The Morgan fingerprint density at radius 2 is 2.00 bits per heavy atom. The van der Waals surface area contributed by atoms with E-state index >= 15 is 0 Å². The molecule has 3 rings (SSSR count). The van der Waals surface area contributed by atoms with Crippen molar-refractivity contribution in [2.75, 3.05) is 20.6 Å². The zero-order valence-electron chi connectivity index (χ0n) is 15.6. The monoisotopic (exact) mass is 373 g/mol. The largest absolute Gasteiger partial charge is 0.348 e. The van der Waals surface area contributed by atoms with E-state index in [1.807, 2.05) is 10.7 Å². The summed E-state index contributed by atoms with van der Waals surface area (Å²) in [6.45, 7) is 1.99. The molecule has 0 fully saturated rings. The average molecular weight is 373 g/mol. The number of nitrogens with one attached hydrogen (secondary N) is 1. The Labute approximate surface area is 157 Å². The number of aromatic nitrogens is 2. The van der Waals surface area contributed by atoms with Crippen LogP contribution in [0.25, 0.3) is 0 Å². The van der Waals surface area contributed by atoms with E-state index in [9.17, 15) is 14.0 Å². The Kier molecular flexibility index (Phi) is 5.73. The van der Waals surface area contributed by atoms with E-state index in [4.69, 9.17) is 0 Å². The molecule has 1 aromatic heterocycles. The van der Waals surface area contributed by atoms with Gasteiger partial charge in [-0.3, -0.25) is 9.48 Å². The van der Waals surface area contributed by atoms with Crippen LogP contribution < -0.4 is 5.32 Å². The zero-order chi connectivity index (χ0) is 19.4. The Morgan fingerprint density at radius 3 is 2.70 bits per heavy atom. The molecule has 8 heteroatoms. The first-order valence-electron chi connectivity index (χ1n) is 8.94. The molecule has 0 aliphatic carbocycles. The van der Waals surface area contributed by atoms with E-state index in [2.05, 4.69) is 10.4 Å². The lowest BCUT2D eigenvalue weighted by Crippen LogP contribution is -2.38. The predicted octanol–water partition coefficient (Wildman–Crippen LogP) is 2.10. The van der Waals surface area contributed by atoms with Gasteiger partial charge in [0.1, 0.15) is 0 Å². The predicted molar refractivity (Wildman–Crippen MR) is 98.5 cm³/mol. The van der Waals surface area contributed by atoms with Gasteiger partial charge in [0.2, 0.25) is 6.17 Å². The third-order valence-electron chi connectivity index (χ3n) is 4.48. The second-order valence-corrected chi connectivity index (χ2v) is 6.79. The molecule has 2 heterocycles. The van der Waals surface area contributed by atoms with Crippen molar-refractivity contribution in [3.8, 4) is 0 Å². The van der Waals surface area contributed by atoms with E-state index < -0.39 is 12.1 Å². The summed E-state index contributed by atoms with van der Waals surface area (Å²) in [7, 11) is 3.46. The summed E-state index contributed by atoms with van der Waals surface area (Å²) >= 11 is 0. The number of hydrogen-bond acceptors (Lipinski definition) is 3. The van der Waals surface area contributed by atoms with Crippen LogP contribution in [-0.4, -0.2) is 52.2 Å². The number of halogens is 1. The number of benzene rings is 1. The van der Waals surface area contributed by atoms with Crippen molar-refractivity contribution < 1.29 is 14.0 Å². The van der Waals surface area contributed by atoms with Crippen LogP contribution in [-0.2, 0) is 24.4 Å². The minimum atomic E-state index is -1.71. The van der Waals surface area contributed by atoms with Gasteiger partial charge < -0.3 is 15.1 Å². The topological polar surface area (TPSA) is 70.5 Å². The van der Waals surface area contributed by atoms with Gasteiger partial charge in [-0.15, -0.1) is 0 Å². The first-order chi connectivity index (χ1) is 13.0. The lowest BCUT2D eigenvalue weighted by Gasteiger charge is -2.23. The third-order valence-corrected chi connectivity index (χ3v) is 4.48. The van der Waals surface area contributed by atoms with Gasteiger partial charge in [0.25, 0.3) is 5.91 Å².